The number of nitrogens with zero attached hydrogens (tertiary/aromatic N) is 1. The lowest BCUT2D eigenvalue weighted by Gasteiger charge is -2.21. The number of hydrogen-bond acceptors (Lipinski definition) is 4. The second-order valence-electron chi connectivity index (χ2n) is 6.44. The quantitative estimate of drug-likeness (QED) is 0.747. The van der Waals surface area contributed by atoms with Crippen LogP contribution in [0.5, 0.6) is 0 Å². The Morgan fingerprint density at radius 3 is 2.58 bits per heavy atom. The molecule has 0 radical (unpaired) electrons. The SMILES string of the molecule is CC(C)C(N)CCN(C)C(=O)c1cccc(NC(=O)c2cccs2)c1.Cl. The molecule has 1 aromatic carbocycles. The van der Waals surface area contributed by atoms with E-state index >= 15 is 0 Å². The fourth-order valence-electron chi connectivity index (χ4n) is 2.33. The minimum atomic E-state index is -0.170. The number of benzene rings is 1. The first kappa shape index (κ1) is 22.2. The predicted molar refractivity (Wildman–Crippen MR) is 110 cm³/mol. The summed E-state index contributed by atoms with van der Waals surface area (Å²) in [6.45, 7) is 4.75. The van der Waals surface area contributed by atoms with Gasteiger partial charge in [-0.3, -0.25) is 9.59 Å². The van der Waals surface area contributed by atoms with Gasteiger partial charge in [-0.1, -0.05) is 26.0 Å². The lowest BCUT2D eigenvalue weighted by Crippen LogP contribution is -2.34. The Morgan fingerprint density at radius 2 is 1.96 bits per heavy atom. The summed E-state index contributed by atoms with van der Waals surface area (Å²) < 4.78 is 0. The van der Waals surface area contributed by atoms with Gasteiger partial charge in [0.2, 0.25) is 0 Å². The van der Waals surface area contributed by atoms with Crippen LogP contribution in [0.3, 0.4) is 0 Å². The summed E-state index contributed by atoms with van der Waals surface area (Å²) in [5, 5.41) is 4.68. The van der Waals surface area contributed by atoms with Crippen LogP contribution in [0, 0.1) is 5.92 Å². The maximum absolute atomic E-state index is 12.6. The molecule has 1 aromatic heterocycles. The first-order valence-corrected chi connectivity index (χ1v) is 9.22. The van der Waals surface area contributed by atoms with Gasteiger partial charge in [0, 0.05) is 30.9 Å². The number of anilines is 1. The highest BCUT2D eigenvalue weighted by Gasteiger charge is 2.15. The van der Waals surface area contributed by atoms with Crippen LogP contribution in [0.1, 0.15) is 40.3 Å². The number of halogens is 1. The third kappa shape index (κ3) is 6.12. The Morgan fingerprint density at radius 1 is 1.23 bits per heavy atom. The highest BCUT2D eigenvalue weighted by molar-refractivity contribution is 7.12. The molecule has 2 rings (SSSR count). The molecule has 0 aliphatic heterocycles. The second kappa shape index (κ2) is 10.3. The topological polar surface area (TPSA) is 75.4 Å². The lowest BCUT2D eigenvalue weighted by molar-refractivity contribution is 0.0789. The normalized spacial score (nSPS) is 11.6. The first-order chi connectivity index (χ1) is 11.9. The largest absolute Gasteiger partial charge is 0.342 e. The number of amides is 2. The molecule has 2 aromatic rings. The van der Waals surface area contributed by atoms with Crippen molar-refractivity contribution in [3.8, 4) is 0 Å². The Kier molecular flexibility index (Phi) is 8.78. The molecule has 0 saturated heterocycles. The van der Waals surface area contributed by atoms with Gasteiger partial charge in [-0.15, -0.1) is 23.7 Å². The van der Waals surface area contributed by atoms with E-state index in [1.807, 2.05) is 11.4 Å². The third-order valence-electron chi connectivity index (χ3n) is 4.11. The second-order valence-corrected chi connectivity index (χ2v) is 7.38. The maximum atomic E-state index is 12.6. The van der Waals surface area contributed by atoms with Gasteiger partial charge in [-0.2, -0.15) is 0 Å². The van der Waals surface area contributed by atoms with Crippen molar-refractivity contribution in [1.29, 1.82) is 0 Å². The molecule has 0 saturated carbocycles. The van der Waals surface area contributed by atoms with Crippen LogP contribution in [-0.2, 0) is 0 Å². The van der Waals surface area contributed by atoms with Crippen molar-refractivity contribution in [3.05, 3.63) is 52.2 Å². The van der Waals surface area contributed by atoms with E-state index in [1.54, 1.807) is 42.3 Å². The predicted octanol–water partition coefficient (Wildman–Crippen LogP) is 3.87. The van der Waals surface area contributed by atoms with Crippen LogP contribution in [0.15, 0.2) is 41.8 Å². The maximum Gasteiger partial charge on any atom is 0.265 e. The van der Waals surface area contributed by atoms with E-state index in [0.717, 1.165) is 6.42 Å². The third-order valence-corrected chi connectivity index (χ3v) is 4.98. The van der Waals surface area contributed by atoms with Crippen LogP contribution in [-0.4, -0.2) is 36.3 Å². The standard InChI is InChI=1S/C19H25N3O2S.ClH/c1-13(2)16(20)9-10-22(3)19(24)14-6-4-7-15(12-14)21-18(23)17-8-5-11-25-17;/h4-8,11-13,16H,9-10,20H2,1-3H3,(H,21,23);1H. The van der Waals surface area contributed by atoms with Crippen LogP contribution < -0.4 is 11.1 Å². The van der Waals surface area contributed by atoms with Gasteiger partial charge in [0.05, 0.1) is 4.88 Å². The van der Waals surface area contributed by atoms with Crippen molar-refractivity contribution >= 4 is 41.2 Å². The zero-order valence-electron chi connectivity index (χ0n) is 15.3. The zero-order valence-corrected chi connectivity index (χ0v) is 16.9. The molecule has 0 aliphatic carbocycles. The molecule has 1 atom stereocenters. The molecule has 0 spiro atoms. The highest BCUT2D eigenvalue weighted by atomic mass is 35.5. The average Bonchev–Trinajstić information content (AvgIpc) is 3.13. The molecule has 1 unspecified atom stereocenters. The lowest BCUT2D eigenvalue weighted by atomic mass is 10.0. The summed E-state index contributed by atoms with van der Waals surface area (Å²) in [5.74, 6) is 0.137. The smallest absolute Gasteiger partial charge is 0.265 e. The van der Waals surface area contributed by atoms with Crippen LogP contribution in [0.2, 0.25) is 0 Å². The van der Waals surface area contributed by atoms with Gasteiger partial charge in [-0.25, -0.2) is 0 Å². The van der Waals surface area contributed by atoms with Crippen molar-refractivity contribution in [3.63, 3.8) is 0 Å². The fraction of sp³-hybridized carbons (Fsp3) is 0.368. The summed E-state index contributed by atoms with van der Waals surface area (Å²) in [6.07, 6.45) is 0.759. The number of carbonyl (C=O) groups is 2. The molecule has 142 valence electrons. The van der Waals surface area contributed by atoms with Gasteiger partial charge in [-0.05, 0) is 42.0 Å². The van der Waals surface area contributed by atoms with Gasteiger partial charge < -0.3 is 16.0 Å². The number of nitrogens with two attached hydrogens (primary N) is 1. The van der Waals surface area contributed by atoms with E-state index in [2.05, 4.69) is 19.2 Å². The summed E-state index contributed by atoms with van der Waals surface area (Å²) in [5.41, 5.74) is 7.20. The summed E-state index contributed by atoms with van der Waals surface area (Å²) >= 11 is 1.38. The van der Waals surface area contributed by atoms with Crippen molar-refractivity contribution in [2.45, 2.75) is 26.3 Å². The number of carbonyl (C=O) groups excluding carboxylic acids is 2. The number of hydrogen-bond donors (Lipinski definition) is 2. The minimum absolute atomic E-state index is 0. The van der Waals surface area contributed by atoms with Gasteiger partial charge >= 0.3 is 0 Å². The van der Waals surface area contributed by atoms with Crippen molar-refractivity contribution < 1.29 is 9.59 Å². The highest BCUT2D eigenvalue weighted by Crippen LogP contribution is 2.16. The summed E-state index contributed by atoms with van der Waals surface area (Å²) in [6, 6.07) is 10.7. The number of thiophene rings is 1. The van der Waals surface area contributed by atoms with Gasteiger partial charge in [0.15, 0.2) is 0 Å². The molecule has 5 nitrogen and oxygen atoms in total. The van der Waals surface area contributed by atoms with Crippen LogP contribution in [0.25, 0.3) is 0 Å². The van der Waals surface area contributed by atoms with Crippen LogP contribution in [0.4, 0.5) is 5.69 Å². The van der Waals surface area contributed by atoms with Crippen LogP contribution >= 0.6 is 23.7 Å². The van der Waals surface area contributed by atoms with E-state index in [9.17, 15) is 9.59 Å². The Hall–Kier alpha value is -1.89. The molecule has 0 fully saturated rings. The Bertz CT molecular complexity index is 719. The monoisotopic (exact) mass is 395 g/mol. The van der Waals surface area contributed by atoms with Gasteiger partial charge in [0.1, 0.15) is 0 Å². The molecule has 1 heterocycles. The van der Waals surface area contributed by atoms with E-state index in [4.69, 9.17) is 5.73 Å². The first-order valence-electron chi connectivity index (χ1n) is 8.34. The molecule has 26 heavy (non-hydrogen) atoms. The molecule has 0 bridgehead atoms. The van der Waals surface area contributed by atoms with Crippen molar-refractivity contribution in [2.24, 2.45) is 11.7 Å². The molecule has 2 amide bonds. The minimum Gasteiger partial charge on any atom is -0.342 e. The molecule has 3 N–H and O–H groups in total. The fourth-order valence-corrected chi connectivity index (χ4v) is 2.95. The number of rotatable bonds is 7. The molecular formula is C19H26ClN3O2S. The van der Waals surface area contributed by atoms with E-state index < -0.39 is 0 Å². The molecule has 0 aliphatic rings. The summed E-state index contributed by atoms with van der Waals surface area (Å²) in [7, 11) is 1.77. The Balaban J connectivity index is 0.00000338. The average molecular weight is 396 g/mol. The van der Waals surface area contributed by atoms with E-state index in [0.29, 0.717) is 28.6 Å². The number of nitrogens with one attached hydrogen (secondary N) is 1. The van der Waals surface area contributed by atoms with Crippen molar-refractivity contribution in [1.82, 2.24) is 4.90 Å². The zero-order chi connectivity index (χ0) is 18.4. The van der Waals surface area contributed by atoms with E-state index in [-0.39, 0.29) is 30.3 Å². The Labute approximate surface area is 165 Å². The molecular weight excluding hydrogens is 370 g/mol. The summed E-state index contributed by atoms with van der Waals surface area (Å²) in [4.78, 5) is 27.0. The molecule has 7 heteroatoms. The van der Waals surface area contributed by atoms with Crippen molar-refractivity contribution in [2.75, 3.05) is 18.9 Å². The van der Waals surface area contributed by atoms with Gasteiger partial charge in [0.25, 0.3) is 11.8 Å². The van der Waals surface area contributed by atoms with E-state index in [1.165, 1.54) is 11.3 Å².